The average molecular weight is 373 g/mol. The molecule has 1 unspecified atom stereocenters. The molecule has 1 amide bonds. The summed E-state index contributed by atoms with van der Waals surface area (Å²) in [6, 6.07) is 11.6. The topological polar surface area (TPSA) is 39.7 Å². The number of hydrogen-bond acceptors (Lipinski definition) is 4. The van der Waals surface area contributed by atoms with Crippen LogP contribution in [0.2, 0.25) is 5.02 Å². The number of pyridine rings is 1. The summed E-state index contributed by atoms with van der Waals surface area (Å²) in [5.41, 5.74) is 2.22. The van der Waals surface area contributed by atoms with Crippen LogP contribution in [0.1, 0.15) is 17.2 Å². The highest BCUT2D eigenvalue weighted by molar-refractivity contribution is 6.30. The molecule has 6 heteroatoms. The number of carbonyl (C=O) groups excluding carboxylic acids is 1. The molecule has 26 heavy (non-hydrogen) atoms. The van der Waals surface area contributed by atoms with E-state index in [1.165, 1.54) is 0 Å². The maximum atomic E-state index is 13.2. The van der Waals surface area contributed by atoms with Crippen LogP contribution >= 0.6 is 11.6 Å². The van der Waals surface area contributed by atoms with Crippen molar-refractivity contribution in [2.75, 3.05) is 45.2 Å². The van der Waals surface area contributed by atoms with Gasteiger partial charge in [0.2, 0.25) is 5.91 Å². The Labute approximate surface area is 160 Å². The fraction of sp³-hybridized carbons (Fsp3) is 0.400. The van der Waals surface area contributed by atoms with Gasteiger partial charge in [0.25, 0.3) is 0 Å². The van der Waals surface area contributed by atoms with Crippen LogP contribution in [-0.2, 0) is 4.79 Å². The summed E-state index contributed by atoms with van der Waals surface area (Å²) < 4.78 is 0. The van der Waals surface area contributed by atoms with Crippen molar-refractivity contribution in [3.63, 3.8) is 0 Å². The normalized spacial score (nSPS) is 16.0. The Morgan fingerprint density at radius 3 is 2.38 bits per heavy atom. The van der Waals surface area contributed by atoms with Crippen LogP contribution in [0.3, 0.4) is 0 Å². The van der Waals surface area contributed by atoms with Crippen LogP contribution in [0.4, 0.5) is 5.82 Å². The number of likely N-dealkylation sites (N-methyl/N-ethyl adjacent to an activating group) is 1. The number of piperazine rings is 1. The zero-order chi connectivity index (χ0) is 18.7. The fourth-order valence-corrected chi connectivity index (χ4v) is 3.52. The van der Waals surface area contributed by atoms with E-state index in [-0.39, 0.29) is 11.9 Å². The molecule has 1 fully saturated rings. The van der Waals surface area contributed by atoms with Crippen molar-refractivity contribution in [3.8, 4) is 0 Å². The van der Waals surface area contributed by atoms with Crippen LogP contribution in [0.25, 0.3) is 0 Å². The number of amides is 1. The second-order valence-electron chi connectivity index (χ2n) is 6.87. The van der Waals surface area contributed by atoms with E-state index in [1.807, 2.05) is 54.2 Å². The molecule has 1 aromatic heterocycles. The molecular formula is C20H25ClN4O. The van der Waals surface area contributed by atoms with E-state index in [0.717, 1.165) is 30.0 Å². The molecule has 2 heterocycles. The molecule has 0 spiro atoms. The Balaban J connectivity index is 1.70. The van der Waals surface area contributed by atoms with Crippen LogP contribution in [0.5, 0.6) is 0 Å². The smallest absolute Gasteiger partial charge is 0.244 e. The molecule has 1 aliphatic heterocycles. The van der Waals surface area contributed by atoms with E-state index < -0.39 is 0 Å². The summed E-state index contributed by atoms with van der Waals surface area (Å²) in [7, 11) is 3.92. The third-order valence-electron chi connectivity index (χ3n) is 4.86. The van der Waals surface area contributed by atoms with Crippen molar-refractivity contribution in [2.45, 2.75) is 13.0 Å². The number of aryl methyl sites for hydroxylation is 1. The highest BCUT2D eigenvalue weighted by atomic mass is 35.5. The van der Waals surface area contributed by atoms with Gasteiger partial charge in [-0.1, -0.05) is 35.9 Å². The molecule has 3 rings (SSSR count). The first-order valence-electron chi connectivity index (χ1n) is 8.84. The van der Waals surface area contributed by atoms with Crippen molar-refractivity contribution in [1.29, 1.82) is 0 Å². The molecule has 1 aliphatic rings. The van der Waals surface area contributed by atoms with Crippen LogP contribution in [0, 0.1) is 6.92 Å². The molecular weight excluding hydrogens is 348 g/mol. The van der Waals surface area contributed by atoms with Gasteiger partial charge in [-0.3, -0.25) is 9.69 Å². The minimum absolute atomic E-state index is 0.160. The van der Waals surface area contributed by atoms with Gasteiger partial charge in [0.1, 0.15) is 11.9 Å². The van der Waals surface area contributed by atoms with E-state index >= 15 is 0 Å². The van der Waals surface area contributed by atoms with Crippen LogP contribution in [-0.4, -0.2) is 61.0 Å². The van der Waals surface area contributed by atoms with E-state index in [0.29, 0.717) is 18.1 Å². The Morgan fingerprint density at radius 1 is 1.12 bits per heavy atom. The third-order valence-corrected chi connectivity index (χ3v) is 5.08. The van der Waals surface area contributed by atoms with Gasteiger partial charge in [0.05, 0.1) is 5.02 Å². The summed E-state index contributed by atoms with van der Waals surface area (Å²) in [5, 5.41) is 0.634. The second-order valence-corrected chi connectivity index (χ2v) is 7.31. The summed E-state index contributed by atoms with van der Waals surface area (Å²) in [6.07, 6.45) is 1.66. The number of anilines is 1. The lowest BCUT2D eigenvalue weighted by Crippen LogP contribution is -2.51. The number of benzene rings is 1. The van der Waals surface area contributed by atoms with Crippen LogP contribution < -0.4 is 4.90 Å². The predicted octanol–water partition coefficient (Wildman–Crippen LogP) is 2.99. The lowest BCUT2D eigenvalue weighted by atomic mass is 9.99. The zero-order valence-corrected chi connectivity index (χ0v) is 16.3. The third kappa shape index (κ3) is 4.00. The van der Waals surface area contributed by atoms with Gasteiger partial charge in [-0.25, -0.2) is 4.98 Å². The van der Waals surface area contributed by atoms with Crippen molar-refractivity contribution in [1.82, 2.24) is 14.8 Å². The van der Waals surface area contributed by atoms with Crippen molar-refractivity contribution < 1.29 is 4.79 Å². The van der Waals surface area contributed by atoms with Gasteiger partial charge in [0, 0.05) is 32.4 Å². The standard InChI is InChI=1S/C20H25ClN4O/c1-15-6-4-5-7-17(15)19(23(2)3)20(26)25-12-10-24(11-13-25)18-9-8-16(21)14-22-18/h4-9,14,19H,10-13H2,1-3H3. The van der Waals surface area contributed by atoms with Crippen molar-refractivity contribution in [2.24, 2.45) is 0 Å². The summed E-state index contributed by atoms with van der Waals surface area (Å²) in [4.78, 5) is 23.7. The minimum Gasteiger partial charge on any atom is -0.353 e. The molecule has 0 radical (unpaired) electrons. The molecule has 0 aliphatic carbocycles. The average Bonchev–Trinajstić information content (AvgIpc) is 2.64. The van der Waals surface area contributed by atoms with Gasteiger partial charge in [-0.2, -0.15) is 0 Å². The SMILES string of the molecule is Cc1ccccc1C(C(=O)N1CCN(c2ccc(Cl)cn2)CC1)N(C)C. The Morgan fingerprint density at radius 2 is 1.81 bits per heavy atom. The van der Waals surface area contributed by atoms with Gasteiger partial charge >= 0.3 is 0 Å². The monoisotopic (exact) mass is 372 g/mol. The molecule has 0 saturated carbocycles. The molecule has 5 nitrogen and oxygen atoms in total. The van der Waals surface area contributed by atoms with Crippen molar-refractivity contribution >= 4 is 23.3 Å². The van der Waals surface area contributed by atoms with Gasteiger partial charge in [0.15, 0.2) is 0 Å². The first-order chi connectivity index (χ1) is 12.5. The second kappa shape index (κ2) is 8.06. The maximum Gasteiger partial charge on any atom is 0.244 e. The summed E-state index contributed by atoms with van der Waals surface area (Å²) in [6.45, 7) is 4.99. The quantitative estimate of drug-likeness (QED) is 0.827. The molecule has 138 valence electrons. The summed E-state index contributed by atoms with van der Waals surface area (Å²) in [5.74, 6) is 1.07. The lowest BCUT2D eigenvalue weighted by molar-refractivity contribution is -0.136. The molecule has 0 N–H and O–H groups in total. The molecule has 2 aromatic rings. The molecule has 0 bridgehead atoms. The highest BCUT2D eigenvalue weighted by Crippen LogP contribution is 2.25. The minimum atomic E-state index is -0.253. The highest BCUT2D eigenvalue weighted by Gasteiger charge is 2.31. The number of rotatable bonds is 4. The molecule has 1 saturated heterocycles. The van der Waals surface area contributed by atoms with Gasteiger partial charge < -0.3 is 9.80 Å². The number of nitrogens with zero attached hydrogens (tertiary/aromatic N) is 4. The molecule has 1 atom stereocenters. The first-order valence-corrected chi connectivity index (χ1v) is 9.22. The van der Waals surface area contributed by atoms with E-state index in [2.05, 4.69) is 22.9 Å². The molecule has 1 aromatic carbocycles. The zero-order valence-electron chi connectivity index (χ0n) is 15.5. The van der Waals surface area contributed by atoms with Gasteiger partial charge in [-0.15, -0.1) is 0 Å². The number of aromatic nitrogens is 1. The van der Waals surface area contributed by atoms with E-state index in [4.69, 9.17) is 11.6 Å². The largest absolute Gasteiger partial charge is 0.353 e. The van der Waals surface area contributed by atoms with Gasteiger partial charge in [-0.05, 0) is 44.3 Å². The Hall–Kier alpha value is -2.11. The maximum absolute atomic E-state index is 13.2. The summed E-state index contributed by atoms with van der Waals surface area (Å²) >= 11 is 5.91. The lowest BCUT2D eigenvalue weighted by Gasteiger charge is -2.38. The predicted molar refractivity (Wildman–Crippen MR) is 106 cm³/mol. The fourth-order valence-electron chi connectivity index (χ4n) is 3.41. The van der Waals surface area contributed by atoms with Crippen molar-refractivity contribution in [3.05, 3.63) is 58.7 Å². The first kappa shape index (κ1) is 18.7. The number of carbonyl (C=O) groups is 1. The number of halogens is 1. The van der Waals surface area contributed by atoms with E-state index in [1.54, 1.807) is 6.20 Å². The van der Waals surface area contributed by atoms with Crippen LogP contribution in [0.15, 0.2) is 42.6 Å². The van der Waals surface area contributed by atoms with E-state index in [9.17, 15) is 4.79 Å². The number of hydrogen-bond donors (Lipinski definition) is 0. The Bertz CT molecular complexity index is 755. The Kier molecular flexibility index (Phi) is 5.79.